The first-order valence-corrected chi connectivity index (χ1v) is 7.58. The summed E-state index contributed by atoms with van der Waals surface area (Å²) >= 11 is 0. The Morgan fingerprint density at radius 1 is 1.20 bits per heavy atom. The molecule has 0 aliphatic carbocycles. The summed E-state index contributed by atoms with van der Waals surface area (Å²) in [7, 11) is -0.747. The van der Waals surface area contributed by atoms with Gasteiger partial charge in [-0.15, -0.1) is 0 Å². The number of nitrogens with two attached hydrogens (primary N) is 1. The second-order valence-electron chi connectivity index (χ2n) is 4.19. The molecule has 0 amide bonds. The van der Waals surface area contributed by atoms with E-state index >= 15 is 0 Å². The predicted molar refractivity (Wildman–Crippen MR) is 74.8 cm³/mol. The van der Waals surface area contributed by atoms with E-state index in [2.05, 4.69) is 25.5 Å². The fraction of sp³-hybridized carbons (Fsp3) is 0.400. The minimum atomic E-state index is -0.747. The second-order valence-corrected chi connectivity index (χ2v) is 5.89. The average molecular weight is 294 g/mol. The first-order chi connectivity index (χ1) is 9.76. The standard InChI is InChI=1S/C10H14N8OS/c11-16-8-13-9(17-4-6-20(19)7-5-17)15-10(14-8)18-3-1-2-12-18/h1-3H,4-7,11H2,(H,13,14,15,16). The quantitative estimate of drug-likeness (QED) is 0.542. The molecule has 0 spiro atoms. The van der Waals surface area contributed by atoms with Crippen LogP contribution < -0.4 is 16.2 Å². The van der Waals surface area contributed by atoms with Gasteiger partial charge in [0.25, 0.3) is 5.95 Å². The minimum Gasteiger partial charge on any atom is -0.339 e. The van der Waals surface area contributed by atoms with Crippen LogP contribution in [0.4, 0.5) is 11.9 Å². The number of nitrogen functional groups attached to an aromatic ring is 1. The lowest BCUT2D eigenvalue weighted by atomic mass is 10.5. The van der Waals surface area contributed by atoms with Crippen molar-refractivity contribution in [1.29, 1.82) is 0 Å². The molecular weight excluding hydrogens is 280 g/mol. The van der Waals surface area contributed by atoms with Gasteiger partial charge in [0.2, 0.25) is 11.9 Å². The van der Waals surface area contributed by atoms with Gasteiger partial charge in [0.15, 0.2) is 0 Å². The van der Waals surface area contributed by atoms with Crippen LogP contribution in [0.25, 0.3) is 5.95 Å². The van der Waals surface area contributed by atoms with E-state index in [1.54, 1.807) is 18.5 Å². The second kappa shape index (κ2) is 5.51. The van der Waals surface area contributed by atoms with E-state index in [9.17, 15) is 4.21 Å². The lowest BCUT2D eigenvalue weighted by Crippen LogP contribution is -2.39. The number of hydrazine groups is 1. The van der Waals surface area contributed by atoms with Gasteiger partial charge in [0.1, 0.15) is 0 Å². The largest absolute Gasteiger partial charge is 0.339 e. The van der Waals surface area contributed by atoms with Crippen LogP contribution in [0.1, 0.15) is 0 Å². The minimum absolute atomic E-state index is 0.271. The van der Waals surface area contributed by atoms with Gasteiger partial charge in [-0.25, -0.2) is 10.5 Å². The van der Waals surface area contributed by atoms with E-state index in [1.165, 1.54) is 4.68 Å². The van der Waals surface area contributed by atoms with Crippen LogP contribution in [0.15, 0.2) is 18.5 Å². The van der Waals surface area contributed by atoms with E-state index in [1.807, 2.05) is 4.90 Å². The Balaban J connectivity index is 1.94. The molecular formula is C10H14N8OS. The number of rotatable bonds is 3. The van der Waals surface area contributed by atoms with Gasteiger partial charge in [0.05, 0.1) is 0 Å². The fourth-order valence-corrected chi connectivity index (χ4v) is 2.94. The van der Waals surface area contributed by atoms with Crippen molar-refractivity contribution < 1.29 is 4.21 Å². The molecule has 0 radical (unpaired) electrons. The summed E-state index contributed by atoms with van der Waals surface area (Å²) in [5, 5.41) is 4.09. The molecule has 2 aromatic rings. The van der Waals surface area contributed by atoms with Crippen LogP contribution in [0.3, 0.4) is 0 Å². The van der Waals surface area contributed by atoms with Crippen molar-refractivity contribution in [3.05, 3.63) is 18.5 Å². The third-order valence-electron chi connectivity index (χ3n) is 2.91. The number of aromatic nitrogens is 5. The predicted octanol–water partition coefficient (Wildman–Crippen LogP) is -1.09. The monoisotopic (exact) mass is 294 g/mol. The number of hydrogen-bond donors (Lipinski definition) is 2. The topological polar surface area (TPSA) is 115 Å². The summed E-state index contributed by atoms with van der Waals surface area (Å²) in [6.07, 6.45) is 3.38. The molecule has 3 heterocycles. The van der Waals surface area contributed by atoms with Crippen molar-refractivity contribution in [2.75, 3.05) is 34.9 Å². The Morgan fingerprint density at radius 3 is 2.60 bits per heavy atom. The van der Waals surface area contributed by atoms with Gasteiger partial charge in [-0.1, -0.05) is 0 Å². The molecule has 9 nitrogen and oxygen atoms in total. The Hall–Kier alpha value is -2.07. The highest BCUT2D eigenvalue weighted by molar-refractivity contribution is 7.85. The molecule has 2 aromatic heterocycles. The molecule has 3 N–H and O–H groups in total. The zero-order valence-electron chi connectivity index (χ0n) is 10.6. The van der Waals surface area contributed by atoms with E-state index in [0.717, 1.165) is 0 Å². The summed E-state index contributed by atoms with van der Waals surface area (Å²) in [5.74, 6) is 7.80. The zero-order valence-corrected chi connectivity index (χ0v) is 11.5. The normalized spacial score (nSPS) is 16.4. The Morgan fingerprint density at radius 2 is 1.95 bits per heavy atom. The summed E-state index contributed by atoms with van der Waals surface area (Å²) in [6, 6.07) is 1.78. The third-order valence-corrected chi connectivity index (χ3v) is 4.19. The van der Waals surface area contributed by atoms with Crippen LogP contribution in [-0.2, 0) is 10.8 Å². The first-order valence-electron chi connectivity index (χ1n) is 6.09. The number of hydrogen-bond acceptors (Lipinski definition) is 8. The van der Waals surface area contributed by atoms with Crippen molar-refractivity contribution in [1.82, 2.24) is 24.7 Å². The number of nitrogens with one attached hydrogen (secondary N) is 1. The van der Waals surface area contributed by atoms with Crippen molar-refractivity contribution in [3.8, 4) is 5.95 Å². The molecule has 1 fully saturated rings. The smallest absolute Gasteiger partial charge is 0.257 e. The van der Waals surface area contributed by atoms with E-state index < -0.39 is 10.8 Å². The zero-order chi connectivity index (χ0) is 13.9. The van der Waals surface area contributed by atoms with Gasteiger partial charge in [-0.05, 0) is 6.07 Å². The van der Waals surface area contributed by atoms with Crippen molar-refractivity contribution in [2.45, 2.75) is 0 Å². The molecule has 0 unspecified atom stereocenters. The highest BCUT2D eigenvalue weighted by Gasteiger charge is 2.19. The maximum atomic E-state index is 11.4. The maximum Gasteiger partial charge on any atom is 0.257 e. The molecule has 1 aliphatic heterocycles. The molecule has 1 aliphatic rings. The summed E-state index contributed by atoms with van der Waals surface area (Å²) in [4.78, 5) is 14.7. The molecule has 1 saturated heterocycles. The van der Waals surface area contributed by atoms with Gasteiger partial charge in [0, 0.05) is 47.8 Å². The molecule has 106 valence electrons. The Bertz CT molecular complexity index is 606. The van der Waals surface area contributed by atoms with Gasteiger partial charge in [-0.2, -0.15) is 20.1 Å². The lowest BCUT2D eigenvalue weighted by molar-refractivity contribution is 0.670. The van der Waals surface area contributed by atoms with Gasteiger partial charge < -0.3 is 4.90 Å². The van der Waals surface area contributed by atoms with Crippen LogP contribution >= 0.6 is 0 Å². The van der Waals surface area contributed by atoms with Gasteiger partial charge >= 0.3 is 0 Å². The molecule has 3 rings (SSSR count). The highest BCUT2D eigenvalue weighted by atomic mass is 32.2. The molecule has 20 heavy (non-hydrogen) atoms. The number of anilines is 2. The van der Waals surface area contributed by atoms with Crippen molar-refractivity contribution in [3.63, 3.8) is 0 Å². The van der Waals surface area contributed by atoms with Gasteiger partial charge in [-0.3, -0.25) is 9.63 Å². The van der Waals surface area contributed by atoms with E-state index in [4.69, 9.17) is 5.84 Å². The highest BCUT2D eigenvalue weighted by Crippen LogP contribution is 2.14. The van der Waals surface area contributed by atoms with Crippen LogP contribution in [0.2, 0.25) is 0 Å². The van der Waals surface area contributed by atoms with Crippen molar-refractivity contribution in [2.24, 2.45) is 5.84 Å². The lowest BCUT2D eigenvalue weighted by Gasteiger charge is -2.26. The molecule has 0 aromatic carbocycles. The summed E-state index contributed by atoms with van der Waals surface area (Å²) < 4.78 is 12.9. The maximum absolute atomic E-state index is 11.4. The molecule has 0 atom stereocenters. The third kappa shape index (κ3) is 2.60. The molecule has 0 saturated carbocycles. The first kappa shape index (κ1) is 12.9. The van der Waals surface area contributed by atoms with Crippen molar-refractivity contribution >= 4 is 22.7 Å². The average Bonchev–Trinajstić information content (AvgIpc) is 3.02. The molecule has 0 bridgehead atoms. The van der Waals surface area contributed by atoms with Crippen LogP contribution in [-0.4, -0.2) is 53.5 Å². The summed E-state index contributed by atoms with van der Waals surface area (Å²) in [5.41, 5.74) is 2.43. The van der Waals surface area contributed by atoms with Crippen LogP contribution in [0.5, 0.6) is 0 Å². The Kier molecular flexibility index (Phi) is 3.56. The van der Waals surface area contributed by atoms with Crippen LogP contribution in [0, 0.1) is 0 Å². The van der Waals surface area contributed by atoms with E-state index in [-0.39, 0.29) is 5.95 Å². The number of nitrogens with zero attached hydrogens (tertiary/aromatic N) is 6. The molecule has 10 heteroatoms. The summed E-state index contributed by atoms with van der Waals surface area (Å²) in [6.45, 7) is 1.30. The fourth-order valence-electron chi connectivity index (χ4n) is 1.89. The van der Waals surface area contributed by atoms with E-state index in [0.29, 0.717) is 36.5 Å². The Labute approximate surface area is 117 Å². The SMILES string of the molecule is NNc1nc(N2CCS(=O)CC2)nc(-n2cccn2)n1.